The van der Waals surface area contributed by atoms with E-state index >= 15 is 0 Å². The van der Waals surface area contributed by atoms with E-state index < -0.39 is 0 Å². The van der Waals surface area contributed by atoms with Crippen LogP contribution in [-0.4, -0.2) is 24.1 Å². The van der Waals surface area contributed by atoms with Gasteiger partial charge in [0.2, 0.25) is 0 Å². The Morgan fingerprint density at radius 3 is 2.71 bits per heavy atom. The van der Waals surface area contributed by atoms with Crippen LogP contribution >= 0.6 is 0 Å². The van der Waals surface area contributed by atoms with Crippen LogP contribution < -0.4 is 10.2 Å². The fourth-order valence-electron chi connectivity index (χ4n) is 2.47. The summed E-state index contributed by atoms with van der Waals surface area (Å²) >= 11 is 0. The Morgan fingerprint density at radius 1 is 1.24 bits per heavy atom. The van der Waals surface area contributed by atoms with Gasteiger partial charge in [-0.1, -0.05) is 29.8 Å². The topological polar surface area (TPSA) is 41.0 Å². The van der Waals surface area contributed by atoms with Crippen LogP contribution in [0.25, 0.3) is 0 Å². The lowest BCUT2D eigenvalue weighted by Crippen LogP contribution is -2.19. The first kappa shape index (κ1) is 13.9. The molecule has 21 heavy (non-hydrogen) atoms. The van der Waals surface area contributed by atoms with Crippen molar-refractivity contribution in [1.82, 2.24) is 9.97 Å². The minimum absolute atomic E-state index is 0.560. The van der Waals surface area contributed by atoms with Crippen molar-refractivity contribution in [3.05, 3.63) is 47.3 Å². The lowest BCUT2D eigenvalue weighted by Gasteiger charge is -2.20. The summed E-state index contributed by atoms with van der Waals surface area (Å²) < 4.78 is 0. The van der Waals surface area contributed by atoms with E-state index in [-0.39, 0.29) is 0 Å². The Kier molecular flexibility index (Phi) is 3.78. The lowest BCUT2D eigenvalue weighted by atomic mass is 10.1. The van der Waals surface area contributed by atoms with Crippen LogP contribution in [0.3, 0.4) is 0 Å². The molecule has 0 aliphatic heterocycles. The van der Waals surface area contributed by atoms with Crippen LogP contribution in [0.4, 0.5) is 11.6 Å². The first-order valence-electron chi connectivity index (χ1n) is 7.49. The Hall–Kier alpha value is -2.10. The fourth-order valence-corrected chi connectivity index (χ4v) is 2.47. The molecule has 1 fully saturated rings. The highest BCUT2D eigenvalue weighted by Gasteiger charge is 2.27. The van der Waals surface area contributed by atoms with Gasteiger partial charge in [0.1, 0.15) is 17.5 Å². The monoisotopic (exact) mass is 282 g/mol. The van der Waals surface area contributed by atoms with E-state index in [2.05, 4.69) is 53.4 Å². The third kappa shape index (κ3) is 3.32. The van der Waals surface area contributed by atoms with Crippen LogP contribution in [0.15, 0.2) is 30.3 Å². The van der Waals surface area contributed by atoms with E-state index in [0.717, 1.165) is 24.0 Å². The molecule has 0 amide bonds. The summed E-state index contributed by atoms with van der Waals surface area (Å²) in [5, 5.41) is 3.14. The Balaban J connectivity index is 1.83. The highest BCUT2D eigenvalue weighted by atomic mass is 15.2. The minimum atomic E-state index is 0.560. The van der Waals surface area contributed by atoms with Crippen molar-refractivity contribution in [2.45, 2.75) is 32.2 Å². The molecule has 1 heterocycles. The zero-order valence-corrected chi connectivity index (χ0v) is 12.9. The van der Waals surface area contributed by atoms with Gasteiger partial charge in [0.05, 0.1) is 0 Å². The summed E-state index contributed by atoms with van der Waals surface area (Å²) in [6.07, 6.45) is 2.43. The number of hydrogen-bond acceptors (Lipinski definition) is 4. The molecule has 0 spiro atoms. The van der Waals surface area contributed by atoms with Crippen molar-refractivity contribution in [2.24, 2.45) is 0 Å². The van der Waals surface area contributed by atoms with Crippen LogP contribution in [-0.2, 0) is 6.54 Å². The van der Waals surface area contributed by atoms with Crippen molar-refractivity contribution < 1.29 is 0 Å². The van der Waals surface area contributed by atoms with Gasteiger partial charge in [-0.3, -0.25) is 0 Å². The summed E-state index contributed by atoms with van der Waals surface area (Å²) in [6.45, 7) is 2.98. The molecule has 0 unspecified atom stereocenters. The molecule has 2 aromatic rings. The molecule has 0 saturated heterocycles. The van der Waals surface area contributed by atoms with Crippen molar-refractivity contribution in [3.8, 4) is 0 Å². The number of hydrogen-bond donors (Lipinski definition) is 1. The maximum absolute atomic E-state index is 4.74. The molecule has 1 aromatic carbocycles. The van der Waals surface area contributed by atoms with Gasteiger partial charge in [-0.2, -0.15) is 0 Å². The quantitative estimate of drug-likeness (QED) is 0.913. The summed E-state index contributed by atoms with van der Waals surface area (Å²) in [6, 6.07) is 10.6. The molecule has 0 bridgehead atoms. The Bertz CT molecular complexity index is 634. The van der Waals surface area contributed by atoms with Gasteiger partial charge in [-0.05, 0) is 25.3 Å². The van der Waals surface area contributed by atoms with Gasteiger partial charge < -0.3 is 10.2 Å². The third-order valence-electron chi connectivity index (χ3n) is 3.82. The first-order chi connectivity index (χ1) is 10.2. The Morgan fingerprint density at radius 2 is 2.05 bits per heavy atom. The summed E-state index contributed by atoms with van der Waals surface area (Å²) in [4.78, 5) is 11.5. The van der Waals surface area contributed by atoms with Crippen LogP contribution in [0.5, 0.6) is 0 Å². The normalized spacial score (nSPS) is 14.0. The van der Waals surface area contributed by atoms with Gasteiger partial charge in [-0.25, -0.2) is 9.97 Å². The summed E-state index contributed by atoms with van der Waals surface area (Å²) in [5.41, 5.74) is 2.59. The van der Waals surface area contributed by atoms with Gasteiger partial charge in [-0.15, -0.1) is 0 Å². The SMILES string of the molecule is CNc1cc(N(C)Cc2cccc(C)c2)nc(C2CC2)n1. The molecular weight excluding hydrogens is 260 g/mol. The molecule has 1 aromatic heterocycles. The maximum Gasteiger partial charge on any atom is 0.136 e. The molecule has 1 saturated carbocycles. The first-order valence-corrected chi connectivity index (χ1v) is 7.49. The summed E-state index contributed by atoms with van der Waals surface area (Å²) in [5.74, 6) is 3.42. The molecule has 4 nitrogen and oxygen atoms in total. The molecule has 3 rings (SSSR count). The molecule has 1 N–H and O–H groups in total. The minimum Gasteiger partial charge on any atom is -0.373 e. The number of anilines is 2. The zero-order valence-electron chi connectivity index (χ0n) is 12.9. The smallest absolute Gasteiger partial charge is 0.136 e. The Labute approximate surface area is 126 Å². The van der Waals surface area contributed by atoms with Crippen molar-refractivity contribution >= 4 is 11.6 Å². The maximum atomic E-state index is 4.74. The van der Waals surface area contributed by atoms with E-state index in [9.17, 15) is 0 Å². The van der Waals surface area contributed by atoms with Gasteiger partial charge in [0.25, 0.3) is 0 Å². The van der Waals surface area contributed by atoms with Crippen LogP contribution in [0, 0.1) is 6.92 Å². The predicted octanol–water partition coefficient (Wildman–Crippen LogP) is 3.34. The van der Waals surface area contributed by atoms with Gasteiger partial charge >= 0.3 is 0 Å². The molecule has 0 radical (unpaired) electrons. The highest BCUT2D eigenvalue weighted by molar-refractivity contribution is 5.49. The highest BCUT2D eigenvalue weighted by Crippen LogP contribution is 2.39. The van der Waals surface area contributed by atoms with Crippen molar-refractivity contribution in [1.29, 1.82) is 0 Å². The lowest BCUT2D eigenvalue weighted by molar-refractivity contribution is 0.855. The molecule has 0 atom stereocenters. The van der Waals surface area contributed by atoms with Gasteiger partial charge in [0, 0.05) is 32.6 Å². The number of nitrogens with one attached hydrogen (secondary N) is 1. The van der Waals surface area contributed by atoms with Gasteiger partial charge in [0.15, 0.2) is 0 Å². The zero-order chi connectivity index (χ0) is 14.8. The van der Waals surface area contributed by atoms with E-state index in [1.165, 1.54) is 24.0 Å². The number of aryl methyl sites for hydroxylation is 1. The summed E-state index contributed by atoms with van der Waals surface area (Å²) in [7, 11) is 3.99. The fraction of sp³-hybridized carbons (Fsp3) is 0.412. The number of nitrogens with zero attached hydrogens (tertiary/aromatic N) is 3. The van der Waals surface area contributed by atoms with E-state index in [1.807, 2.05) is 13.1 Å². The second-order valence-corrected chi connectivity index (χ2v) is 5.84. The number of rotatable bonds is 5. The molecule has 1 aliphatic carbocycles. The average molecular weight is 282 g/mol. The molecule has 110 valence electrons. The largest absolute Gasteiger partial charge is 0.373 e. The molecule has 1 aliphatic rings. The van der Waals surface area contributed by atoms with Crippen molar-refractivity contribution in [2.75, 3.05) is 24.3 Å². The van der Waals surface area contributed by atoms with Crippen LogP contribution in [0.2, 0.25) is 0 Å². The molecule has 4 heteroatoms. The third-order valence-corrected chi connectivity index (χ3v) is 3.82. The van der Waals surface area contributed by atoms with E-state index in [1.54, 1.807) is 0 Å². The second kappa shape index (κ2) is 5.72. The average Bonchev–Trinajstić information content (AvgIpc) is 3.31. The van der Waals surface area contributed by atoms with E-state index in [0.29, 0.717) is 5.92 Å². The second-order valence-electron chi connectivity index (χ2n) is 5.84. The standard InChI is InChI=1S/C17H22N4/c1-12-5-4-6-13(9-12)11-21(3)16-10-15(18-2)19-17(20-16)14-7-8-14/h4-6,9-10,14H,7-8,11H2,1-3H3,(H,18,19,20). The number of benzene rings is 1. The predicted molar refractivity (Wildman–Crippen MR) is 86.8 cm³/mol. The van der Waals surface area contributed by atoms with Crippen LogP contribution in [0.1, 0.15) is 35.7 Å². The molecular formula is C17H22N4. The van der Waals surface area contributed by atoms with Crippen molar-refractivity contribution in [3.63, 3.8) is 0 Å². The van der Waals surface area contributed by atoms with E-state index in [4.69, 9.17) is 4.98 Å². The number of aromatic nitrogens is 2.